The Morgan fingerprint density at radius 2 is 1.61 bits per heavy atom. The van der Waals surface area contributed by atoms with Crippen molar-refractivity contribution in [3.63, 3.8) is 0 Å². The molecule has 0 spiro atoms. The molecule has 0 heterocycles. The number of nitrogens with one attached hydrogen (secondary N) is 1. The number of nitrogens with zero attached hydrogens (tertiary/aromatic N) is 1. The van der Waals surface area contributed by atoms with Crippen molar-refractivity contribution >= 4 is 30.0 Å². The first-order valence-electron chi connectivity index (χ1n) is 10.1. The van der Waals surface area contributed by atoms with Crippen molar-refractivity contribution < 1.29 is 23.8 Å². The molecule has 0 bridgehead atoms. The molecule has 0 radical (unpaired) electrons. The summed E-state index contributed by atoms with van der Waals surface area (Å²) >= 11 is 1.82. The van der Waals surface area contributed by atoms with Crippen LogP contribution in [0.1, 0.15) is 27.0 Å². The Morgan fingerprint density at radius 3 is 2.27 bits per heavy atom. The maximum atomic E-state index is 12.4. The number of carbonyl (C=O) groups is 2. The van der Waals surface area contributed by atoms with E-state index in [1.54, 1.807) is 30.3 Å². The van der Waals surface area contributed by atoms with Gasteiger partial charge in [-0.05, 0) is 47.0 Å². The fourth-order valence-electron chi connectivity index (χ4n) is 2.82. The van der Waals surface area contributed by atoms with Crippen molar-refractivity contribution in [3.05, 3.63) is 95.1 Å². The van der Waals surface area contributed by atoms with Gasteiger partial charge in [-0.1, -0.05) is 42.5 Å². The number of amides is 1. The third kappa shape index (κ3) is 7.40. The molecule has 3 aromatic rings. The van der Waals surface area contributed by atoms with Crippen molar-refractivity contribution in [2.24, 2.45) is 5.10 Å². The molecule has 33 heavy (non-hydrogen) atoms. The van der Waals surface area contributed by atoms with Gasteiger partial charge >= 0.3 is 6.16 Å². The number of thioether (sulfide) groups is 1. The van der Waals surface area contributed by atoms with Crippen molar-refractivity contribution in [1.82, 2.24) is 5.43 Å². The van der Waals surface area contributed by atoms with Crippen LogP contribution in [0.3, 0.4) is 0 Å². The van der Waals surface area contributed by atoms with Gasteiger partial charge < -0.3 is 14.2 Å². The molecule has 0 aliphatic rings. The molecule has 0 aliphatic carbocycles. The second-order valence-electron chi connectivity index (χ2n) is 6.84. The molecule has 0 unspecified atom stereocenters. The van der Waals surface area contributed by atoms with Crippen LogP contribution in [-0.2, 0) is 16.2 Å². The van der Waals surface area contributed by atoms with E-state index in [4.69, 9.17) is 9.47 Å². The van der Waals surface area contributed by atoms with Gasteiger partial charge in [-0.15, -0.1) is 0 Å². The standard InChI is InChI=1S/C25H24N2O5S/c1-30-23-14-20(10-13-22(23)32-25(29)31-2)15-26-27-24(28)21-11-8-19(9-12-21)17-33-16-18-6-4-3-5-7-18/h3-15H,16-17H2,1-2H3,(H,27,28)/b26-15-. The van der Waals surface area contributed by atoms with Crippen LogP contribution >= 0.6 is 11.8 Å². The lowest BCUT2D eigenvalue weighted by molar-refractivity contribution is 0.0955. The first-order valence-corrected chi connectivity index (χ1v) is 11.2. The van der Waals surface area contributed by atoms with Crippen LogP contribution in [0, 0.1) is 0 Å². The van der Waals surface area contributed by atoms with Crippen LogP contribution in [0.25, 0.3) is 0 Å². The van der Waals surface area contributed by atoms with Gasteiger partial charge in [0.2, 0.25) is 0 Å². The molecule has 0 fully saturated rings. The van der Waals surface area contributed by atoms with Gasteiger partial charge in [-0.2, -0.15) is 16.9 Å². The van der Waals surface area contributed by atoms with E-state index in [1.807, 2.05) is 42.1 Å². The van der Waals surface area contributed by atoms with E-state index in [2.05, 4.69) is 27.4 Å². The van der Waals surface area contributed by atoms with Crippen LogP contribution in [0.4, 0.5) is 4.79 Å². The van der Waals surface area contributed by atoms with Gasteiger partial charge in [0.25, 0.3) is 5.91 Å². The lowest BCUT2D eigenvalue weighted by Gasteiger charge is -2.08. The molecule has 3 rings (SSSR count). The van der Waals surface area contributed by atoms with Gasteiger partial charge in [0.15, 0.2) is 11.5 Å². The summed E-state index contributed by atoms with van der Waals surface area (Å²) in [5, 5.41) is 3.99. The Bertz CT molecular complexity index is 1100. The summed E-state index contributed by atoms with van der Waals surface area (Å²) in [4.78, 5) is 23.6. The molecule has 0 saturated carbocycles. The zero-order valence-corrected chi connectivity index (χ0v) is 19.1. The van der Waals surface area contributed by atoms with Crippen LogP contribution < -0.4 is 14.9 Å². The molecule has 1 N–H and O–H groups in total. The fraction of sp³-hybridized carbons (Fsp3) is 0.160. The molecule has 0 saturated heterocycles. The van der Waals surface area contributed by atoms with Crippen LogP contribution in [-0.4, -0.2) is 32.5 Å². The SMILES string of the molecule is COC(=O)Oc1ccc(/C=N\NC(=O)c2ccc(CSCc3ccccc3)cc2)cc1OC. The molecular formula is C25H24N2O5S. The molecule has 0 atom stereocenters. The largest absolute Gasteiger partial charge is 0.513 e. The van der Waals surface area contributed by atoms with E-state index in [-0.39, 0.29) is 11.7 Å². The molecule has 1 amide bonds. The third-order valence-electron chi connectivity index (χ3n) is 4.52. The lowest BCUT2D eigenvalue weighted by atomic mass is 10.1. The van der Waals surface area contributed by atoms with Crippen molar-refractivity contribution in [3.8, 4) is 11.5 Å². The molecule has 8 heteroatoms. The Hall–Kier alpha value is -3.78. The molecule has 0 aliphatic heterocycles. The minimum atomic E-state index is -0.845. The normalized spacial score (nSPS) is 10.6. The molecule has 170 valence electrons. The van der Waals surface area contributed by atoms with E-state index < -0.39 is 6.16 Å². The number of benzene rings is 3. The predicted octanol–water partition coefficient (Wildman–Crippen LogP) is 5.04. The maximum absolute atomic E-state index is 12.4. The highest BCUT2D eigenvalue weighted by molar-refractivity contribution is 7.97. The summed E-state index contributed by atoms with van der Waals surface area (Å²) in [6, 6.07) is 22.6. The molecule has 3 aromatic carbocycles. The van der Waals surface area contributed by atoms with Gasteiger partial charge in [0, 0.05) is 17.1 Å². The fourth-order valence-corrected chi connectivity index (χ4v) is 3.78. The average molecular weight is 465 g/mol. The average Bonchev–Trinajstić information content (AvgIpc) is 2.85. The maximum Gasteiger partial charge on any atom is 0.513 e. The van der Waals surface area contributed by atoms with E-state index in [0.29, 0.717) is 16.9 Å². The zero-order valence-electron chi connectivity index (χ0n) is 18.3. The van der Waals surface area contributed by atoms with Crippen molar-refractivity contribution in [2.75, 3.05) is 14.2 Å². The molecule has 0 aromatic heterocycles. The van der Waals surface area contributed by atoms with E-state index in [1.165, 1.54) is 26.0 Å². The number of hydrazone groups is 1. The Morgan fingerprint density at radius 1 is 0.909 bits per heavy atom. The quantitative estimate of drug-likeness (QED) is 0.207. The third-order valence-corrected chi connectivity index (χ3v) is 5.60. The monoisotopic (exact) mass is 464 g/mol. The smallest absolute Gasteiger partial charge is 0.493 e. The predicted molar refractivity (Wildman–Crippen MR) is 129 cm³/mol. The first-order chi connectivity index (χ1) is 16.1. The number of carbonyl (C=O) groups excluding carboxylic acids is 2. The van der Waals surface area contributed by atoms with Gasteiger partial charge in [-0.3, -0.25) is 4.79 Å². The van der Waals surface area contributed by atoms with E-state index >= 15 is 0 Å². The van der Waals surface area contributed by atoms with Crippen LogP contribution in [0.5, 0.6) is 11.5 Å². The van der Waals surface area contributed by atoms with E-state index in [0.717, 1.165) is 17.1 Å². The number of hydrogen-bond donors (Lipinski definition) is 1. The highest BCUT2D eigenvalue weighted by Crippen LogP contribution is 2.28. The van der Waals surface area contributed by atoms with Crippen LogP contribution in [0.2, 0.25) is 0 Å². The van der Waals surface area contributed by atoms with Gasteiger partial charge in [0.05, 0.1) is 20.4 Å². The Kier molecular flexibility index (Phi) is 8.90. The summed E-state index contributed by atoms with van der Waals surface area (Å²) in [5.41, 5.74) is 6.11. The first kappa shape index (κ1) is 23.9. The van der Waals surface area contributed by atoms with Crippen molar-refractivity contribution in [2.45, 2.75) is 11.5 Å². The Labute approximate surface area is 196 Å². The second-order valence-corrected chi connectivity index (χ2v) is 7.83. The van der Waals surface area contributed by atoms with Crippen LogP contribution in [0.15, 0.2) is 77.9 Å². The second kappa shape index (κ2) is 12.3. The summed E-state index contributed by atoms with van der Waals surface area (Å²) in [6.45, 7) is 0. The lowest BCUT2D eigenvalue weighted by Crippen LogP contribution is -2.17. The number of rotatable bonds is 9. The minimum absolute atomic E-state index is 0.215. The summed E-state index contributed by atoms with van der Waals surface area (Å²) in [6.07, 6.45) is 0.625. The highest BCUT2D eigenvalue weighted by Gasteiger charge is 2.10. The molecule has 7 nitrogen and oxygen atoms in total. The number of methoxy groups -OCH3 is 2. The summed E-state index contributed by atoms with van der Waals surface area (Å²) in [7, 11) is 2.67. The Balaban J connectivity index is 1.51. The zero-order chi connectivity index (χ0) is 23.5. The minimum Gasteiger partial charge on any atom is -0.493 e. The van der Waals surface area contributed by atoms with Gasteiger partial charge in [-0.25, -0.2) is 10.2 Å². The topological polar surface area (TPSA) is 86.2 Å². The molecular weight excluding hydrogens is 440 g/mol. The van der Waals surface area contributed by atoms with Crippen molar-refractivity contribution in [1.29, 1.82) is 0 Å². The highest BCUT2D eigenvalue weighted by atomic mass is 32.2. The van der Waals surface area contributed by atoms with E-state index in [9.17, 15) is 9.59 Å². The number of hydrogen-bond acceptors (Lipinski definition) is 7. The van der Waals surface area contributed by atoms with Gasteiger partial charge in [0.1, 0.15) is 0 Å². The summed E-state index contributed by atoms with van der Waals surface area (Å²) < 4.78 is 14.7. The number of ether oxygens (including phenoxy) is 3. The summed E-state index contributed by atoms with van der Waals surface area (Å²) in [5.74, 6) is 2.04.